The maximum Gasteiger partial charge on any atom is 0.303 e. The molecule has 10 nitrogen and oxygen atoms in total. The van der Waals surface area contributed by atoms with Gasteiger partial charge in [-0.05, 0) is 49.8 Å². The van der Waals surface area contributed by atoms with Crippen LogP contribution >= 0.6 is 23.2 Å². The number of carbonyl (C=O) groups excluding carboxylic acids is 4. The summed E-state index contributed by atoms with van der Waals surface area (Å²) >= 11 is 14.1. The highest BCUT2D eigenvalue weighted by molar-refractivity contribution is 6.58. The van der Waals surface area contributed by atoms with Gasteiger partial charge in [-0.3, -0.25) is 28.9 Å². The highest BCUT2D eigenvalue weighted by Crippen LogP contribution is 2.66. The minimum Gasteiger partial charge on any atom is -0.504 e. The van der Waals surface area contributed by atoms with Gasteiger partial charge in [0.05, 0.1) is 18.4 Å². The second kappa shape index (κ2) is 12.0. The number of phenolic OH excluding ortho intramolecular Hbond substituents is 1. The number of hydrogen-bond donors (Lipinski definition) is 2. The van der Waals surface area contributed by atoms with Crippen LogP contribution < -0.4 is 9.64 Å². The second-order valence-electron chi connectivity index (χ2n) is 12.2. The molecule has 0 spiro atoms. The van der Waals surface area contributed by atoms with Crippen molar-refractivity contribution < 1.29 is 60.9 Å². The molecule has 2 aromatic carbocycles. The molecule has 260 valence electrons. The molecular formula is C32H25Cl2F5N2O8. The van der Waals surface area contributed by atoms with E-state index in [1.54, 1.807) is 6.92 Å². The number of amides is 4. The van der Waals surface area contributed by atoms with Gasteiger partial charge in [0, 0.05) is 18.9 Å². The van der Waals surface area contributed by atoms with Gasteiger partial charge in [-0.25, -0.2) is 26.9 Å². The molecule has 1 saturated carbocycles. The summed E-state index contributed by atoms with van der Waals surface area (Å²) in [7, 11) is 0. The maximum absolute atomic E-state index is 15.2. The number of anilines is 1. The number of imide groups is 2. The molecule has 4 amide bonds. The molecule has 6 atom stereocenters. The molecule has 2 aliphatic carbocycles. The molecule has 4 aliphatic rings. The van der Waals surface area contributed by atoms with Crippen molar-refractivity contribution in [1.82, 2.24) is 4.90 Å². The number of aliphatic carboxylic acids is 1. The van der Waals surface area contributed by atoms with Gasteiger partial charge >= 0.3 is 5.97 Å². The number of alkyl halides is 2. The van der Waals surface area contributed by atoms with E-state index in [1.165, 1.54) is 24.3 Å². The lowest BCUT2D eigenvalue weighted by Crippen LogP contribution is -2.60. The van der Waals surface area contributed by atoms with E-state index in [-0.39, 0.29) is 59.9 Å². The SMILES string of the molecule is CCOc1cc([C@H]2C3=CC[C@@H]4C(=O)N(CCCC(=O)O)C(=O)[C@@H]4[C@@H]3C[C@@]3(Cl)C(=O)N(c4c(F)c(F)c(F)c(F)c4F)C(=O)[C@@]23Cl)ccc1O. The largest absolute Gasteiger partial charge is 0.504 e. The van der Waals surface area contributed by atoms with Gasteiger partial charge in [-0.2, -0.15) is 0 Å². The lowest BCUT2D eigenvalue weighted by molar-refractivity contribution is -0.142. The normalized spacial score (nSPS) is 29.2. The summed E-state index contributed by atoms with van der Waals surface area (Å²) in [5.74, 6) is -23.5. The summed E-state index contributed by atoms with van der Waals surface area (Å²) in [5.41, 5.74) is -1.62. The molecule has 2 N–H and O–H groups in total. The van der Waals surface area contributed by atoms with E-state index in [0.29, 0.717) is 0 Å². The first-order valence-corrected chi connectivity index (χ1v) is 15.8. The number of fused-ring (bicyclic) bond motifs is 4. The Balaban J connectivity index is 1.54. The Morgan fingerprint density at radius 3 is 2.20 bits per heavy atom. The summed E-state index contributed by atoms with van der Waals surface area (Å²) in [5, 5.41) is 19.4. The average molecular weight is 731 g/mol. The fourth-order valence-electron chi connectivity index (χ4n) is 7.60. The van der Waals surface area contributed by atoms with Crippen LogP contribution in [-0.2, 0) is 24.0 Å². The Morgan fingerprint density at radius 1 is 0.959 bits per heavy atom. The van der Waals surface area contributed by atoms with Crippen LogP contribution in [0.15, 0.2) is 29.8 Å². The topological polar surface area (TPSA) is 142 Å². The van der Waals surface area contributed by atoms with Crippen LogP contribution in [0.3, 0.4) is 0 Å². The summed E-state index contributed by atoms with van der Waals surface area (Å²) in [4.78, 5) is 62.0. The smallest absolute Gasteiger partial charge is 0.303 e. The van der Waals surface area contributed by atoms with Gasteiger partial charge in [0.1, 0.15) is 5.69 Å². The van der Waals surface area contributed by atoms with Gasteiger partial charge in [0.2, 0.25) is 17.6 Å². The Kier molecular flexibility index (Phi) is 8.46. The third kappa shape index (κ3) is 4.75. The molecule has 17 heteroatoms. The number of halogens is 7. The van der Waals surface area contributed by atoms with Gasteiger partial charge in [0.25, 0.3) is 11.8 Å². The standard InChI is InChI=1S/C32H25Cl2F5N2O8/c1-2-49-17-10-12(5-8-16(17)42)20-13-6-7-14-19(28(46)40(27(14)45)9-3-4-18(43)44)15(13)11-31(33)29(47)41(30(48)32(20,31)34)26-24(38)22(36)21(35)23(37)25(26)39/h5-6,8,10,14-15,19-20,42H,2-4,7,9,11H2,1H3,(H,43,44)/t14-,15+,19-,20-,31+,32-/m0/s1. The molecule has 6 rings (SSSR count). The summed E-state index contributed by atoms with van der Waals surface area (Å²) in [6.45, 7) is 1.43. The van der Waals surface area contributed by atoms with E-state index < -0.39 is 104 Å². The highest BCUT2D eigenvalue weighted by Gasteiger charge is 2.77. The number of nitrogens with zero attached hydrogens (tertiary/aromatic N) is 2. The van der Waals surface area contributed by atoms with Crippen molar-refractivity contribution >= 4 is 58.5 Å². The first kappa shape index (κ1) is 34.6. The number of allylic oxidation sites excluding steroid dienone is 2. The van der Waals surface area contributed by atoms with Gasteiger partial charge in [0.15, 0.2) is 44.5 Å². The van der Waals surface area contributed by atoms with Crippen LogP contribution in [0.1, 0.15) is 44.1 Å². The fraction of sp³-hybridized carbons (Fsp3) is 0.406. The fourth-order valence-corrected chi connectivity index (χ4v) is 8.53. The van der Waals surface area contributed by atoms with Crippen molar-refractivity contribution in [3.8, 4) is 11.5 Å². The van der Waals surface area contributed by atoms with E-state index in [2.05, 4.69) is 0 Å². The van der Waals surface area contributed by atoms with Crippen LogP contribution in [0.2, 0.25) is 0 Å². The molecule has 0 unspecified atom stereocenters. The zero-order valence-electron chi connectivity index (χ0n) is 25.2. The minimum absolute atomic E-state index is 0.0539. The molecule has 3 fully saturated rings. The third-order valence-corrected chi connectivity index (χ3v) is 11.1. The molecule has 0 aromatic heterocycles. The molecular weight excluding hydrogens is 706 g/mol. The molecule has 2 saturated heterocycles. The van der Waals surface area contributed by atoms with Crippen molar-refractivity contribution in [1.29, 1.82) is 0 Å². The summed E-state index contributed by atoms with van der Waals surface area (Å²) < 4.78 is 78.5. The number of phenols is 1. The second-order valence-corrected chi connectivity index (χ2v) is 13.4. The molecule has 2 heterocycles. The summed E-state index contributed by atoms with van der Waals surface area (Å²) in [6, 6.07) is 3.72. The molecule has 2 aromatic rings. The van der Waals surface area contributed by atoms with Crippen molar-refractivity contribution in [2.45, 2.75) is 48.3 Å². The summed E-state index contributed by atoms with van der Waals surface area (Å²) in [6.07, 6.45) is 0.371. The van der Waals surface area contributed by atoms with Crippen LogP contribution in [0, 0.1) is 46.8 Å². The van der Waals surface area contributed by atoms with Crippen molar-refractivity contribution in [3.63, 3.8) is 0 Å². The van der Waals surface area contributed by atoms with Gasteiger partial charge < -0.3 is 14.9 Å². The van der Waals surface area contributed by atoms with E-state index in [4.69, 9.17) is 33.0 Å². The highest BCUT2D eigenvalue weighted by atomic mass is 35.5. The van der Waals surface area contributed by atoms with Crippen LogP contribution in [0.5, 0.6) is 11.5 Å². The monoisotopic (exact) mass is 730 g/mol. The van der Waals surface area contributed by atoms with Crippen LogP contribution in [-0.4, -0.2) is 67.6 Å². The van der Waals surface area contributed by atoms with Crippen molar-refractivity contribution in [2.75, 3.05) is 18.1 Å². The lowest BCUT2D eigenvalue weighted by atomic mass is 9.56. The predicted octanol–water partition coefficient (Wildman–Crippen LogP) is 4.91. The zero-order chi connectivity index (χ0) is 35.9. The quantitative estimate of drug-likeness (QED) is 0.0975. The van der Waals surface area contributed by atoms with Crippen molar-refractivity contribution in [3.05, 3.63) is 64.5 Å². The minimum atomic E-state index is -2.73. The number of aromatic hydroxyl groups is 1. The van der Waals surface area contributed by atoms with Crippen LogP contribution in [0.25, 0.3) is 0 Å². The van der Waals surface area contributed by atoms with E-state index >= 15 is 8.78 Å². The zero-order valence-corrected chi connectivity index (χ0v) is 26.8. The molecule has 2 aliphatic heterocycles. The first-order valence-electron chi connectivity index (χ1n) is 15.0. The van der Waals surface area contributed by atoms with Crippen molar-refractivity contribution in [2.24, 2.45) is 17.8 Å². The molecule has 0 bridgehead atoms. The first-order chi connectivity index (χ1) is 23.0. The number of benzene rings is 2. The van der Waals surface area contributed by atoms with E-state index in [1.807, 2.05) is 0 Å². The number of rotatable bonds is 8. The predicted molar refractivity (Wildman–Crippen MR) is 159 cm³/mol. The number of carbonyl (C=O) groups is 5. The number of carboxylic acid groups (broad SMARTS) is 1. The Bertz CT molecular complexity index is 1860. The van der Waals surface area contributed by atoms with Gasteiger partial charge in [-0.15, -0.1) is 23.2 Å². The van der Waals surface area contributed by atoms with E-state index in [0.717, 1.165) is 4.90 Å². The maximum atomic E-state index is 15.2. The Morgan fingerprint density at radius 2 is 1.59 bits per heavy atom. The third-order valence-electron chi connectivity index (χ3n) is 9.70. The van der Waals surface area contributed by atoms with Crippen LogP contribution in [0.4, 0.5) is 27.6 Å². The van der Waals surface area contributed by atoms with E-state index in [9.17, 15) is 42.3 Å². The number of likely N-dealkylation sites (tertiary alicyclic amines) is 1. The number of carboxylic acids is 1. The lowest BCUT2D eigenvalue weighted by Gasteiger charge is -2.50. The number of hydrogen-bond acceptors (Lipinski definition) is 7. The molecule has 49 heavy (non-hydrogen) atoms. The number of ether oxygens (including phenoxy) is 1. The molecule has 0 radical (unpaired) electrons. The average Bonchev–Trinajstić information content (AvgIpc) is 3.38. The van der Waals surface area contributed by atoms with Gasteiger partial charge in [-0.1, -0.05) is 17.7 Å². The Labute approximate surface area is 284 Å². The Hall–Kier alpha value is -4.24.